The second-order valence-electron chi connectivity index (χ2n) is 8.05. The molecule has 1 aromatic rings. The van der Waals surface area contributed by atoms with Crippen molar-refractivity contribution in [3.8, 4) is 0 Å². The summed E-state index contributed by atoms with van der Waals surface area (Å²) in [6.07, 6.45) is 9.02. The van der Waals surface area contributed by atoms with Gasteiger partial charge in [0.15, 0.2) is 5.78 Å². The number of nitrogens with one attached hydrogen (secondary N) is 2. The summed E-state index contributed by atoms with van der Waals surface area (Å²) in [6, 6.07) is 1.19. The molecule has 0 aromatic carbocycles. The molecule has 3 heterocycles. The van der Waals surface area contributed by atoms with Gasteiger partial charge in [0.2, 0.25) is 0 Å². The number of rotatable bonds is 6. The number of Topliss-reactive ketones (excluding diaryl/α,β-unsaturated/α-hetero) is 1. The Morgan fingerprint density at radius 3 is 2.85 bits per heavy atom. The van der Waals surface area contributed by atoms with E-state index in [2.05, 4.69) is 10.6 Å². The fourth-order valence-electron chi connectivity index (χ4n) is 5.06. The summed E-state index contributed by atoms with van der Waals surface area (Å²) in [5.41, 5.74) is -0.652. The number of furan rings is 1. The van der Waals surface area contributed by atoms with Gasteiger partial charge in [-0.15, -0.1) is 0 Å². The van der Waals surface area contributed by atoms with Crippen LogP contribution >= 0.6 is 0 Å². The van der Waals surface area contributed by atoms with Crippen molar-refractivity contribution in [1.29, 1.82) is 0 Å². The van der Waals surface area contributed by atoms with Crippen molar-refractivity contribution < 1.29 is 23.5 Å². The number of fused-ring (bicyclic) bond motifs is 1. The van der Waals surface area contributed by atoms with E-state index in [0.29, 0.717) is 30.9 Å². The van der Waals surface area contributed by atoms with Gasteiger partial charge in [0.25, 0.3) is 5.91 Å². The van der Waals surface area contributed by atoms with Gasteiger partial charge in [-0.1, -0.05) is 25.7 Å². The van der Waals surface area contributed by atoms with E-state index in [0.717, 1.165) is 32.0 Å². The number of carbonyl (C=O) groups excluding carboxylic acids is 3. The average molecular weight is 374 g/mol. The molecule has 146 valence electrons. The molecule has 0 bridgehead atoms. The Balaban J connectivity index is 1.64. The minimum Gasteiger partial charge on any atom is -0.472 e. The molecule has 3 aliphatic rings. The third-order valence-electron chi connectivity index (χ3n) is 6.41. The van der Waals surface area contributed by atoms with Crippen LogP contribution in [0.25, 0.3) is 0 Å². The summed E-state index contributed by atoms with van der Waals surface area (Å²) < 4.78 is 10.8. The maximum atomic E-state index is 12.8. The molecular weight excluding hydrogens is 348 g/mol. The van der Waals surface area contributed by atoms with E-state index in [9.17, 15) is 14.4 Å². The first-order valence-electron chi connectivity index (χ1n) is 9.82. The Morgan fingerprint density at radius 1 is 1.33 bits per heavy atom. The zero-order valence-electron chi connectivity index (χ0n) is 15.3. The highest BCUT2D eigenvalue weighted by atomic mass is 16.5. The smallest absolute Gasteiger partial charge is 0.255 e. The molecule has 1 aromatic heterocycles. The van der Waals surface area contributed by atoms with Crippen molar-refractivity contribution in [2.75, 3.05) is 13.2 Å². The Bertz CT molecular complexity index is 697. The molecule has 0 spiro atoms. The van der Waals surface area contributed by atoms with Crippen LogP contribution in [0.15, 0.2) is 23.0 Å². The van der Waals surface area contributed by atoms with Crippen LogP contribution in [0.4, 0.5) is 0 Å². The van der Waals surface area contributed by atoms with Crippen molar-refractivity contribution in [3.63, 3.8) is 0 Å². The lowest BCUT2D eigenvalue weighted by atomic mass is 9.70. The standard InChI is InChI=1S/C20H26N2O5/c23-12-20(9-13-3-1-2-4-13,22-19(25)14-6-8-26-10-14)15-5-7-21-17-16(24)11-27-18(15)17/h6,8,10,12-13,15,17-18,21H,1-5,7,9,11H2,(H,22,25). The van der Waals surface area contributed by atoms with Gasteiger partial charge in [-0.25, -0.2) is 0 Å². The van der Waals surface area contributed by atoms with Crippen molar-refractivity contribution >= 4 is 18.0 Å². The van der Waals surface area contributed by atoms with Crippen LogP contribution in [0.2, 0.25) is 0 Å². The highest BCUT2D eigenvalue weighted by molar-refractivity contribution is 5.96. The monoisotopic (exact) mass is 374 g/mol. The third-order valence-corrected chi connectivity index (χ3v) is 6.41. The number of piperidine rings is 1. The molecule has 4 atom stereocenters. The SMILES string of the molecule is O=CC(CC1CCCC1)(NC(=O)c1ccoc1)C1CCNC2C(=O)COC21. The molecule has 3 fully saturated rings. The first-order valence-corrected chi connectivity index (χ1v) is 9.82. The predicted molar refractivity (Wildman–Crippen MR) is 96.2 cm³/mol. The molecule has 0 radical (unpaired) electrons. The van der Waals surface area contributed by atoms with E-state index in [-0.39, 0.29) is 30.3 Å². The van der Waals surface area contributed by atoms with Gasteiger partial charge < -0.3 is 24.6 Å². The number of amides is 1. The van der Waals surface area contributed by atoms with E-state index >= 15 is 0 Å². The average Bonchev–Trinajstić information content (AvgIpc) is 3.43. The van der Waals surface area contributed by atoms with Crippen LogP contribution in [0.1, 0.15) is 48.9 Å². The van der Waals surface area contributed by atoms with Gasteiger partial charge in [-0.3, -0.25) is 9.59 Å². The minimum atomic E-state index is -1.04. The van der Waals surface area contributed by atoms with Crippen LogP contribution in [0.5, 0.6) is 0 Å². The van der Waals surface area contributed by atoms with Crippen LogP contribution in [-0.4, -0.2) is 48.8 Å². The highest BCUT2D eigenvalue weighted by Gasteiger charge is 2.53. The fraction of sp³-hybridized carbons (Fsp3) is 0.650. The number of ketones is 1. The zero-order chi connectivity index (χ0) is 18.9. The molecule has 4 rings (SSSR count). The minimum absolute atomic E-state index is 0.0199. The topological polar surface area (TPSA) is 97.6 Å². The van der Waals surface area contributed by atoms with Crippen molar-refractivity contribution in [2.24, 2.45) is 11.8 Å². The summed E-state index contributed by atoms with van der Waals surface area (Å²) in [5.74, 6) is -0.144. The van der Waals surface area contributed by atoms with Gasteiger partial charge in [-0.05, 0) is 31.4 Å². The molecule has 1 amide bonds. The van der Waals surface area contributed by atoms with Crippen molar-refractivity contribution in [3.05, 3.63) is 24.2 Å². The maximum absolute atomic E-state index is 12.8. The lowest BCUT2D eigenvalue weighted by Gasteiger charge is -2.45. The number of carbonyl (C=O) groups is 3. The van der Waals surface area contributed by atoms with Crippen LogP contribution in [-0.2, 0) is 14.3 Å². The molecule has 1 saturated carbocycles. The van der Waals surface area contributed by atoms with E-state index in [4.69, 9.17) is 9.15 Å². The molecule has 7 nitrogen and oxygen atoms in total. The Labute approximate surface area is 158 Å². The molecule has 2 N–H and O–H groups in total. The summed E-state index contributed by atoms with van der Waals surface area (Å²) in [7, 11) is 0. The van der Waals surface area contributed by atoms with Crippen LogP contribution in [0.3, 0.4) is 0 Å². The quantitative estimate of drug-likeness (QED) is 0.732. The molecule has 7 heteroatoms. The summed E-state index contributed by atoms with van der Waals surface area (Å²) >= 11 is 0. The van der Waals surface area contributed by atoms with E-state index in [1.165, 1.54) is 12.5 Å². The zero-order valence-corrected chi connectivity index (χ0v) is 15.3. The van der Waals surface area contributed by atoms with E-state index in [1.54, 1.807) is 6.07 Å². The highest BCUT2D eigenvalue weighted by Crippen LogP contribution is 2.40. The first-order chi connectivity index (χ1) is 13.1. The molecular formula is C20H26N2O5. The molecule has 2 saturated heterocycles. The normalized spacial score (nSPS) is 30.7. The number of hydrogen-bond acceptors (Lipinski definition) is 6. The van der Waals surface area contributed by atoms with Gasteiger partial charge in [-0.2, -0.15) is 0 Å². The van der Waals surface area contributed by atoms with E-state index < -0.39 is 11.6 Å². The number of ether oxygens (including phenoxy) is 1. The Kier molecular flexibility index (Phi) is 5.14. The predicted octanol–water partition coefficient (Wildman–Crippen LogP) is 1.47. The molecule has 4 unspecified atom stereocenters. The van der Waals surface area contributed by atoms with Crippen molar-refractivity contribution in [1.82, 2.24) is 10.6 Å². The van der Waals surface area contributed by atoms with E-state index in [1.807, 2.05) is 0 Å². The van der Waals surface area contributed by atoms with Crippen LogP contribution in [0, 0.1) is 11.8 Å². The second kappa shape index (κ2) is 7.56. The summed E-state index contributed by atoms with van der Waals surface area (Å²) in [5, 5.41) is 6.23. The molecule has 2 aliphatic heterocycles. The van der Waals surface area contributed by atoms with Gasteiger partial charge in [0, 0.05) is 5.92 Å². The van der Waals surface area contributed by atoms with Crippen molar-refractivity contribution in [2.45, 2.75) is 56.2 Å². The Hall–Kier alpha value is -1.99. The maximum Gasteiger partial charge on any atom is 0.255 e. The van der Waals surface area contributed by atoms with Gasteiger partial charge in [0.1, 0.15) is 24.7 Å². The molecule has 27 heavy (non-hydrogen) atoms. The lowest BCUT2D eigenvalue weighted by Crippen LogP contribution is -2.64. The number of hydrogen-bond donors (Lipinski definition) is 2. The second-order valence-corrected chi connectivity index (χ2v) is 8.05. The molecule has 1 aliphatic carbocycles. The largest absolute Gasteiger partial charge is 0.472 e. The summed E-state index contributed by atoms with van der Waals surface area (Å²) in [4.78, 5) is 37.4. The first kappa shape index (κ1) is 18.4. The third kappa shape index (κ3) is 3.46. The Morgan fingerprint density at radius 2 is 2.15 bits per heavy atom. The fourth-order valence-corrected chi connectivity index (χ4v) is 5.06. The summed E-state index contributed by atoms with van der Waals surface area (Å²) in [6.45, 7) is 0.690. The lowest BCUT2D eigenvalue weighted by molar-refractivity contribution is -0.121. The number of aldehydes is 1. The van der Waals surface area contributed by atoms with Crippen LogP contribution < -0.4 is 10.6 Å². The van der Waals surface area contributed by atoms with Gasteiger partial charge >= 0.3 is 0 Å². The van der Waals surface area contributed by atoms with Gasteiger partial charge in [0.05, 0.1) is 24.0 Å².